The topological polar surface area (TPSA) is 81.9 Å². The number of hydrogen-bond acceptors (Lipinski definition) is 6. The number of amides is 1. The fourth-order valence-electron chi connectivity index (χ4n) is 2.71. The summed E-state index contributed by atoms with van der Waals surface area (Å²) >= 11 is 1.35. The van der Waals surface area contributed by atoms with Crippen molar-refractivity contribution in [1.29, 1.82) is 0 Å². The van der Waals surface area contributed by atoms with Crippen LogP contribution < -0.4 is 10.1 Å². The van der Waals surface area contributed by atoms with E-state index in [9.17, 15) is 4.79 Å². The molecule has 0 bridgehead atoms. The zero-order chi connectivity index (χ0) is 19.5. The zero-order valence-corrected chi connectivity index (χ0v) is 16.1. The molecule has 28 heavy (non-hydrogen) atoms. The molecule has 1 amide bonds. The van der Waals surface area contributed by atoms with Crippen LogP contribution in [0.1, 0.15) is 10.5 Å². The van der Waals surface area contributed by atoms with Crippen LogP contribution in [0.5, 0.6) is 5.75 Å². The van der Waals surface area contributed by atoms with Gasteiger partial charge in [-0.2, -0.15) is 5.10 Å². The number of aryl methyl sites for hydroxylation is 1. The van der Waals surface area contributed by atoms with E-state index in [0.29, 0.717) is 16.5 Å². The molecule has 7 nitrogen and oxygen atoms in total. The molecule has 0 saturated carbocycles. The molecule has 4 rings (SSSR count). The minimum atomic E-state index is -0.267. The Labute approximate surface area is 165 Å². The minimum Gasteiger partial charge on any atom is -0.497 e. The van der Waals surface area contributed by atoms with Crippen molar-refractivity contribution in [2.75, 3.05) is 12.4 Å². The lowest BCUT2D eigenvalue weighted by molar-refractivity contribution is 0.101. The molecular formula is C20H17N5O2S. The third-order valence-corrected chi connectivity index (χ3v) is 4.91. The van der Waals surface area contributed by atoms with E-state index in [1.54, 1.807) is 31.1 Å². The zero-order valence-electron chi connectivity index (χ0n) is 15.3. The van der Waals surface area contributed by atoms with Crippen molar-refractivity contribution in [2.24, 2.45) is 7.05 Å². The van der Waals surface area contributed by atoms with Gasteiger partial charge in [0.25, 0.3) is 5.91 Å². The molecule has 0 aliphatic rings. The first-order valence-electron chi connectivity index (χ1n) is 8.51. The molecule has 1 aromatic carbocycles. The Bertz CT molecular complexity index is 1100. The van der Waals surface area contributed by atoms with Crippen molar-refractivity contribution in [1.82, 2.24) is 19.7 Å². The van der Waals surface area contributed by atoms with Gasteiger partial charge in [-0.1, -0.05) is 6.07 Å². The number of ether oxygens (including phenoxy) is 1. The number of methoxy groups -OCH3 is 1. The molecule has 4 aromatic rings. The van der Waals surface area contributed by atoms with E-state index in [1.807, 2.05) is 47.8 Å². The summed E-state index contributed by atoms with van der Waals surface area (Å²) in [6, 6.07) is 14.9. The average molecular weight is 391 g/mol. The maximum Gasteiger partial charge on any atom is 0.275 e. The van der Waals surface area contributed by atoms with Crippen LogP contribution in [0, 0.1) is 0 Å². The van der Waals surface area contributed by atoms with E-state index in [4.69, 9.17) is 4.74 Å². The quantitative estimate of drug-likeness (QED) is 0.558. The highest BCUT2D eigenvalue weighted by molar-refractivity contribution is 7.14. The monoisotopic (exact) mass is 391 g/mol. The number of thiazole rings is 1. The second-order valence-corrected chi connectivity index (χ2v) is 6.83. The fourth-order valence-corrected chi connectivity index (χ4v) is 3.41. The van der Waals surface area contributed by atoms with E-state index in [2.05, 4.69) is 20.4 Å². The van der Waals surface area contributed by atoms with Gasteiger partial charge in [0, 0.05) is 24.2 Å². The first kappa shape index (κ1) is 17.9. The first-order chi connectivity index (χ1) is 13.6. The molecule has 8 heteroatoms. The SMILES string of the molecule is COc1ccc(-c2cc(C(=O)Nc3nc(-c4ccccn4)cs3)n(C)n2)cc1. The van der Waals surface area contributed by atoms with Gasteiger partial charge in [-0.05, 0) is 42.5 Å². The number of rotatable bonds is 5. The van der Waals surface area contributed by atoms with Crippen LogP contribution in [-0.4, -0.2) is 32.8 Å². The molecule has 0 saturated heterocycles. The summed E-state index contributed by atoms with van der Waals surface area (Å²) in [5.41, 5.74) is 3.55. The molecular weight excluding hydrogens is 374 g/mol. The number of nitrogens with zero attached hydrogens (tertiary/aromatic N) is 4. The van der Waals surface area contributed by atoms with Crippen molar-refractivity contribution in [3.63, 3.8) is 0 Å². The van der Waals surface area contributed by atoms with Crippen LogP contribution in [0.15, 0.2) is 60.1 Å². The van der Waals surface area contributed by atoms with Crippen LogP contribution in [0.4, 0.5) is 5.13 Å². The largest absolute Gasteiger partial charge is 0.497 e. The van der Waals surface area contributed by atoms with Crippen LogP contribution in [0.25, 0.3) is 22.6 Å². The van der Waals surface area contributed by atoms with Gasteiger partial charge >= 0.3 is 0 Å². The second kappa shape index (κ2) is 7.61. The average Bonchev–Trinajstić information content (AvgIpc) is 3.35. The highest BCUT2D eigenvalue weighted by Gasteiger charge is 2.16. The Hall–Kier alpha value is -3.52. The minimum absolute atomic E-state index is 0.267. The summed E-state index contributed by atoms with van der Waals surface area (Å²) in [5, 5.41) is 9.65. The normalized spacial score (nSPS) is 10.6. The molecule has 0 radical (unpaired) electrons. The van der Waals surface area contributed by atoms with Gasteiger partial charge in [0.15, 0.2) is 5.13 Å². The third kappa shape index (κ3) is 3.63. The summed E-state index contributed by atoms with van der Waals surface area (Å²) < 4.78 is 6.73. The Morgan fingerprint density at radius 1 is 1.11 bits per heavy atom. The summed E-state index contributed by atoms with van der Waals surface area (Å²) in [6.07, 6.45) is 1.71. The summed E-state index contributed by atoms with van der Waals surface area (Å²) in [7, 11) is 3.36. The number of carbonyl (C=O) groups is 1. The Morgan fingerprint density at radius 2 is 1.93 bits per heavy atom. The van der Waals surface area contributed by atoms with Gasteiger partial charge in [-0.3, -0.25) is 19.8 Å². The van der Waals surface area contributed by atoms with Crippen molar-refractivity contribution in [3.8, 4) is 28.4 Å². The standard InChI is InChI=1S/C20H17N5O2S/c1-25-18(11-16(24-25)13-6-8-14(27-2)9-7-13)19(26)23-20-22-17(12-28-20)15-5-3-4-10-21-15/h3-12H,1-2H3,(H,22,23,26). The number of benzene rings is 1. The molecule has 0 aliphatic heterocycles. The van der Waals surface area contributed by atoms with Crippen molar-refractivity contribution in [3.05, 3.63) is 65.8 Å². The molecule has 3 aromatic heterocycles. The third-order valence-electron chi connectivity index (χ3n) is 4.15. The molecule has 1 N–H and O–H groups in total. The number of hydrogen-bond donors (Lipinski definition) is 1. The van der Waals surface area contributed by atoms with Gasteiger partial charge in [0.05, 0.1) is 18.5 Å². The predicted molar refractivity (Wildman–Crippen MR) is 108 cm³/mol. The van der Waals surface area contributed by atoms with Crippen molar-refractivity contribution in [2.45, 2.75) is 0 Å². The molecule has 0 spiro atoms. The fraction of sp³-hybridized carbons (Fsp3) is 0.100. The van der Waals surface area contributed by atoms with Crippen LogP contribution in [0.2, 0.25) is 0 Å². The smallest absolute Gasteiger partial charge is 0.275 e. The van der Waals surface area contributed by atoms with E-state index in [1.165, 1.54) is 11.3 Å². The molecule has 140 valence electrons. The second-order valence-electron chi connectivity index (χ2n) is 5.97. The molecule has 0 unspecified atom stereocenters. The highest BCUT2D eigenvalue weighted by atomic mass is 32.1. The lowest BCUT2D eigenvalue weighted by Gasteiger charge is -2.01. The molecule has 0 atom stereocenters. The lowest BCUT2D eigenvalue weighted by Crippen LogP contribution is -2.15. The van der Waals surface area contributed by atoms with Crippen molar-refractivity contribution < 1.29 is 9.53 Å². The van der Waals surface area contributed by atoms with Gasteiger partial charge in [-0.25, -0.2) is 4.98 Å². The van der Waals surface area contributed by atoms with Crippen LogP contribution >= 0.6 is 11.3 Å². The van der Waals surface area contributed by atoms with Crippen LogP contribution in [-0.2, 0) is 7.05 Å². The number of anilines is 1. The molecule has 0 fully saturated rings. The number of carbonyl (C=O) groups excluding carboxylic acids is 1. The number of aromatic nitrogens is 4. The van der Waals surface area contributed by atoms with E-state index < -0.39 is 0 Å². The van der Waals surface area contributed by atoms with Crippen LogP contribution in [0.3, 0.4) is 0 Å². The summed E-state index contributed by atoms with van der Waals surface area (Å²) in [6.45, 7) is 0. The van der Waals surface area contributed by atoms with Gasteiger partial charge in [-0.15, -0.1) is 11.3 Å². The molecule has 3 heterocycles. The Balaban J connectivity index is 1.52. The highest BCUT2D eigenvalue weighted by Crippen LogP contribution is 2.25. The van der Waals surface area contributed by atoms with E-state index in [0.717, 1.165) is 22.7 Å². The Morgan fingerprint density at radius 3 is 2.64 bits per heavy atom. The van der Waals surface area contributed by atoms with Crippen molar-refractivity contribution >= 4 is 22.4 Å². The predicted octanol–water partition coefficient (Wildman–Crippen LogP) is 3.87. The Kier molecular flexibility index (Phi) is 4.86. The maximum atomic E-state index is 12.7. The van der Waals surface area contributed by atoms with E-state index in [-0.39, 0.29) is 5.91 Å². The van der Waals surface area contributed by atoms with Gasteiger partial charge in [0.2, 0.25) is 0 Å². The first-order valence-corrected chi connectivity index (χ1v) is 9.39. The molecule has 0 aliphatic carbocycles. The van der Waals surface area contributed by atoms with Gasteiger partial charge < -0.3 is 4.74 Å². The lowest BCUT2D eigenvalue weighted by atomic mass is 10.1. The summed E-state index contributed by atoms with van der Waals surface area (Å²) in [5.74, 6) is 0.502. The van der Waals surface area contributed by atoms with E-state index >= 15 is 0 Å². The number of nitrogens with one attached hydrogen (secondary N) is 1. The van der Waals surface area contributed by atoms with Gasteiger partial charge in [0.1, 0.15) is 17.1 Å². The summed E-state index contributed by atoms with van der Waals surface area (Å²) in [4.78, 5) is 21.4. The maximum absolute atomic E-state index is 12.7. The number of pyridine rings is 1.